The SMILES string of the molecule is O=C(Oc1cccnc1)N1CCN(C(=O)c2cc3c(F)cccc3s2)CC1. The molecule has 0 saturated carbocycles. The minimum Gasteiger partial charge on any atom is -0.409 e. The molecule has 0 bridgehead atoms. The second-order valence-electron chi connectivity index (χ2n) is 6.10. The second-order valence-corrected chi connectivity index (χ2v) is 7.18. The fourth-order valence-electron chi connectivity index (χ4n) is 2.95. The van der Waals surface area contributed by atoms with Crippen molar-refractivity contribution in [3.63, 3.8) is 0 Å². The van der Waals surface area contributed by atoms with E-state index in [0.29, 0.717) is 42.2 Å². The maximum Gasteiger partial charge on any atom is 0.415 e. The van der Waals surface area contributed by atoms with Crippen LogP contribution in [-0.2, 0) is 0 Å². The smallest absolute Gasteiger partial charge is 0.409 e. The molecular weight excluding hydrogens is 369 g/mol. The fourth-order valence-corrected chi connectivity index (χ4v) is 3.99. The van der Waals surface area contributed by atoms with Crippen molar-refractivity contribution in [1.82, 2.24) is 14.8 Å². The van der Waals surface area contributed by atoms with Gasteiger partial charge in [0.05, 0.1) is 11.1 Å². The molecule has 0 unspecified atom stereocenters. The molecule has 1 fully saturated rings. The van der Waals surface area contributed by atoms with E-state index in [9.17, 15) is 14.0 Å². The standard InChI is InChI=1S/C19H16FN3O3S/c20-15-4-1-5-16-14(15)11-17(27-16)18(24)22-7-9-23(10-8-22)19(25)26-13-3-2-6-21-12-13/h1-6,11-12H,7-10H2. The molecular formula is C19H16FN3O3S. The highest BCUT2D eigenvalue weighted by Gasteiger charge is 2.27. The van der Waals surface area contributed by atoms with Gasteiger partial charge in [0.1, 0.15) is 5.82 Å². The maximum atomic E-state index is 13.8. The van der Waals surface area contributed by atoms with Crippen LogP contribution in [-0.4, -0.2) is 53.0 Å². The number of nitrogens with zero attached hydrogens (tertiary/aromatic N) is 3. The van der Waals surface area contributed by atoms with Crippen LogP contribution in [0, 0.1) is 5.82 Å². The molecule has 1 aliphatic rings. The van der Waals surface area contributed by atoms with Gasteiger partial charge in [-0.05, 0) is 30.3 Å². The van der Waals surface area contributed by atoms with Gasteiger partial charge in [-0.1, -0.05) is 6.07 Å². The number of rotatable bonds is 2. The first-order chi connectivity index (χ1) is 13.1. The molecule has 1 aromatic carbocycles. The average Bonchev–Trinajstić information content (AvgIpc) is 3.14. The van der Waals surface area contributed by atoms with Gasteiger partial charge in [0.15, 0.2) is 5.75 Å². The normalized spacial score (nSPS) is 14.4. The molecule has 0 aliphatic carbocycles. The molecule has 0 spiro atoms. The molecule has 27 heavy (non-hydrogen) atoms. The topological polar surface area (TPSA) is 62.7 Å². The molecule has 2 amide bonds. The third-order valence-electron chi connectivity index (χ3n) is 4.38. The number of hydrogen-bond acceptors (Lipinski definition) is 5. The van der Waals surface area contributed by atoms with Gasteiger partial charge in [0, 0.05) is 42.5 Å². The number of halogens is 1. The Hall–Kier alpha value is -3.00. The summed E-state index contributed by atoms with van der Waals surface area (Å²) < 4.78 is 19.9. The lowest BCUT2D eigenvalue weighted by Crippen LogP contribution is -2.51. The summed E-state index contributed by atoms with van der Waals surface area (Å²) in [7, 11) is 0. The molecule has 0 atom stereocenters. The van der Waals surface area contributed by atoms with E-state index in [0.717, 1.165) is 4.70 Å². The largest absolute Gasteiger partial charge is 0.415 e. The van der Waals surface area contributed by atoms with Crippen LogP contribution in [0.4, 0.5) is 9.18 Å². The third kappa shape index (κ3) is 3.61. The summed E-state index contributed by atoms with van der Waals surface area (Å²) in [6.07, 6.45) is 2.61. The second kappa shape index (κ2) is 7.32. The Bertz CT molecular complexity index is 984. The zero-order valence-corrected chi connectivity index (χ0v) is 15.1. The highest BCUT2D eigenvalue weighted by molar-refractivity contribution is 7.20. The van der Waals surface area contributed by atoms with Gasteiger partial charge >= 0.3 is 6.09 Å². The van der Waals surface area contributed by atoms with Crippen LogP contribution in [0.5, 0.6) is 5.75 Å². The molecule has 4 rings (SSSR count). The van der Waals surface area contributed by atoms with E-state index in [1.54, 1.807) is 46.3 Å². The van der Waals surface area contributed by atoms with E-state index >= 15 is 0 Å². The number of pyridine rings is 1. The molecule has 138 valence electrons. The van der Waals surface area contributed by atoms with Gasteiger partial charge in [-0.25, -0.2) is 9.18 Å². The number of benzene rings is 1. The van der Waals surface area contributed by atoms with Gasteiger partial charge < -0.3 is 14.5 Å². The quantitative estimate of drug-likeness (QED) is 0.678. The third-order valence-corrected chi connectivity index (χ3v) is 5.47. The molecule has 1 aliphatic heterocycles. The van der Waals surface area contributed by atoms with Gasteiger partial charge in [0.25, 0.3) is 5.91 Å². The number of carbonyl (C=O) groups is 2. The van der Waals surface area contributed by atoms with Crippen molar-refractivity contribution < 1.29 is 18.7 Å². The number of hydrogen-bond donors (Lipinski definition) is 0. The maximum absolute atomic E-state index is 13.8. The van der Waals surface area contributed by atoms with Gasteiger partial charge in [-0.2, -0.15) is 0 Å². The first-order valence-electron chi connectivity index (χ1n) is 8.46. The highest BCUT2D eigenvalue weighted by atomic mass is 32.1. The zero-order valence-electron chi connectivity index (χ0n) is 14.3. The van der Waals surface area contributed by atoms with Crippen LogP contribution in [0.2, 0.25) is 0 Å². The minimum atomic E-state index is -0.459. The van der Waals surface area contributed by atoms with Gasteiger partial charge in [-0.15, -0.1) is 11.3 Å². The van der Waals surface area contributed by atoms with Crippen molar-refractivity contribution in [2.45, 2.75) is 0 Å². The summed E-state index contributed by atoms with van der Waals surface area (Å²) >= 11 is 1.28. The molecule has 2 aromatic heterocycles. The molecule has 0 radical (unpaired) electrons. The van der Waals surface area contributed by atoms with Crippen molar-refractivity contribution in [3.8, 4) is 5.75 Å². The Kier molecular flexibility index (Phi) is 4.72. The van der Waals surface area contributed by atoms with Crippen molar-refractivity contribution >= 4 is 33.4 Å². The van der Waals surface area contributed by atoms with Gasteiger partial charge in [-0.3, -0.25) is 9.78 Å². The summed E-state index contributed by atoms with van der Waals surface area (Å²) in [5.41, 5.74) is 0. The molecule has 3 aromatic rings. The Labute approximate surface area is 158 Å². The average molecular weight is 385 g/mol. The molecule has 6 nitrogen and oxygen atoms in total. The Morgan fingerprint density at radius 3 is 2.56 bits per heavy atom. The van der Waals surface area contributed by atoms with E-state index in [1.165, 1.54) is 23.6 Å². The van der Waals surface area contributed by atoms with Crippen LogP contribution in [0.1, 0.15) is 9.67 Å². The number of carbonyl (C=O) groups excluding carboxylic acids is 2. The predicted octanol–water partition coefficient (Wildman–Crippen LogP) is 3.39. The van der Waals surface area contributed by atoms with E-state index in [4.69, 9.17) is 4.74 Å². The van der Waals surface area contributed by atoms with Crippen LogP contribution >= 0.6 is 11.3 Å². The molecule has 8 heteroatoms. The van der Waals surface area contributed by atoms with Crippen molar-refractivity contribution in [2.75, 3.05) is 26.2 Å². The van der Waals surface area contributed by atoms with Crippen LogP contribution < -0.4 is 4.74 Å². The van der Waals surface area contributed by atoms with Crippen molar-refractivity contribution in [3.05, 3.63) is 59.5 Å². The van der Waals surface area contributed by atoms with Crippen molar-refractivity contribution in [2.24, 2.45) is 0 Å². The number of fused-ring (bicyclic) bond motifs is 1. The molecule has 0 N–H and O–H groups in total. The minimum absolute atomic E-state index is 0.143. The summed E-state index contributed by atoms with van der Waals surface area (Å²) in [4.78, 5) is 32.6. The number of amides is 2. The van der Waals surface area contributed by atoms with E-state index in [2.05, 4.69) is 4.98 Å². The summed E-state index contributed by atoms with van der Waals surface area (Å²) in [5.74, 6) is -0.0880. The first kappa shape index (κ1) is 17.4. The number of thiophene rings is 1. The van der Waals surface area contributed by atoms with Crippen LogP contribution in [0.3, 0.4) is 0 Å². The predicted molar refractivity (Wildman–Crippen MR) is 99.5 cm³/mol. The van der Waals surface area contributed by atoms with Gasteiger partial charge in [0.2, 0.25) is 0 Å². The van der Waals surface area contributed by atoms with Crippen LogP contribution in [0.25, 0.3) is 10.1 Å². The lowest BCUT2D eigenvalue weighted by Gasteiger charge is -2.33. The zero-order chi connectivity index (χ0) is 18.8. The lowest BCUT2D eigenvalue weighted by atomic mass is 10.2. The summed E-state index contributed by atoms with van der Waals surface area (Å²) in [6.45, 7) is 1.56. The first-order valence-corrected chi connectivity index (χ1v) is 9.27. The lowest BCUT2D eigenvalue weighted by molar-refractivity contribution is 0.0638. The summed E-state index contributed by atoms with van der Waals surface area (Å²) in [5, 5.41) is 0.463. The van der Waals surface area contributed by atoms with E-state index in [-0.39, 0.29) is 11.7 Å². The fraction of sp³-hybridized carbons (Fsp3) is 0.211. The number of aromatic nitrogens is 1. The summed E-state index contributed by atoms with van der Waals surface area (Å²) in [6, 6.07) is 9.76. The number of piperazine rings is 1. The van der Waals surface area contributed by atoms with Crippen molar-refractivity contribution in [1.29, 1.82) is 0 Å². The number of ether oxygens (including phenoxy) is 1. The molecule has 3 heterocycles. The Morgan fingerprint density at radius 2 is 1.85 bits per heavy atom. The molecule has 1 saturated heterocycles. The highest BCUT2D eigenvalue weighted by Crippen LogP contribution is 2.28. The Morgan fingerprint density at radius 1 is 1.07 bits per heavy atom. The van der Waals surface area contributed by atoms with E-state index in [1.807, 2.05) is 0 Å². The monoisotopic (exact) mass is 385 g/mol. The Balaban J connectivity index is 1.39. The van der Waals surface area contributed by atoms with E-state index < -0.39 is 6.09 Å². The van der Waals surface area contributed by atoms with Crippen LogP contribution in [0.15, 0.2) is 48.8 Å².